The molecule has 0 amide bonds. The van der Waals surface area contributed by atoms with Crippen molar-refractivity contribution >= 4 is 27.9 Å². The molecule has 1 aromatic carbocycles. The number of anilines is 1. The van der Waals surface area contributed by atoms with E-state index in [-0.39, 0.29) is 5.56 Å². The van der Waals surface area contributed by atoms with Crippen molar-refractivity contribution in [1.82, 2.24) is 19.9 Å². The quantitative estimate of drug-likeness (QED) is 0.607. The van der Waals surface area contributed by atoms with Gasteiger partial charge in [-0.15, -0.1) is 0 Å². The number of pyridine rings is 2. The molecule has 0 spiro atoms. The van der Waals surface area contributed by atoms with Crippen molar-refractivity contribution in [1.29, 1.82) is 0 Å². The number of aromatic amines is 1. The van der Waals surface area contributed by atoms with Gasteiger partial charge in [-0.1, -0.05) is 18.2 Å². The minimum atomic E-state index is -0.113. The number of H-pyrrole nitrogens is 1. The number of para-hydroxylation sites is 1. The van der Waals surface area contributed by atoms with Crippen LogP contribution in [0.5, 0.6) is 0 Å². The van der Waals surface area contributed by atoms with E-state index < -0.39 is 0 Å². The minimum absolute atomic E-state index is 0.113. The van der Waals surface area contributed by atoms with Crippen LogP contribution in [0, 0.1) is 0 Å². The highest BCUT2D eigenvalue weighted by atomic mass is 16.1. The molecule has 6 nitrogen and oxygen atoms in total. The Morgan fingerprint density at radius 3 is 2.87 bits per heavy atom. The standard InChI is InChI=1S/C17H13N5O/c23-16-9-11(12-3-1-2-4-13(12)21-16)10-20-15-6-5-14-17(22-15)19-8-7-18-14/h1-9H,10H2,(H,21,23)(H,19,20,22). The van der Waals surface area contributed by atoms with Crippen molar-refractivity contribution in [3.63, 3.8) is 0 Å². The van der Waals surface area contributed by atoms with E-state index in [1.807, 2.05) is 36.4 Å². The highest BCUT2D eigenvalue weighted by molar-refractivity contribution is 5.82. The van der Waals surface area contributed by atoms with Crippen LogP contribution in [0.25, 0.3) is 22.1 Å². The third kappa shape index (κ3) is 2.62. The van der Waals surface area contributed by atoms with E-state index >= 15 is 0 Å². The van der Waals surface area contributed by atoms with Crippen LogP contribution in [0.2, 0.25) is 0 Å². The summed E-state index contributed by atoms with van der Waals surface area (Å²) >= 11 is 0. The third-order valence-electron chi connectivity index (χ3n) is 3.63. The van der Waals surface area contributed by atoms with Crippen LogP contribution in [0.4, 0.5) is 5.82 Å². The van der Waals surface area contributed by atoms with E-state index in [0.717, 1.165) is 22.0 Å². The highest BCUT2D eigenvalue weighted by Gasteiger charge is 2.04. The summed E-state index contributed by atoms with van der Waals surface area (Å²) in [5.74, 6) is 0.697. The van der Waals surface area contributed by atoms with Gasteiger partial charge in [0.15, 0.2) is 5.65 Å². The second kappa shape index (κ2) is 5.49. The molecule has 0 aliphatic heterocycles. The Hall–Kier alpha value is -3.28. The van der Waals surface area contributed by atoms with Crippen LogP contribution in [-0.4, -0.2) is 19.9 Å². The summed E-state index contributed by atoms with van der Waals surface area (Å²) in [7, 11) is 0. The summed E-state index contributed by atoms with van der Waals surface area (Å²) in [6.45, 7) is 0.503. The monoisotopic (exact) mass is 303 g/mol. The molecule has 23 heavy (non-hydrogen) atoms. The summed E-state index contributed by atoms with van der Waals surface area (Å²) < 4.78 is 0. The molecule has 0 saturated heterocycles. The maximum absolute atomic E-state index is 11.8. The molecular weight excluding hydrogens is 290 g/mol. The number of fused-ring (bicyclic) bond motifs is 2. The molecule has 3 heterocycles. The van der Waals surface area contributed by atoms with Crippen molar-refractivity contribution in [3.8, 4) is 0 Å². The van der Waals surface area contributed by atoms with Gasteiger partial charge in [0.25, 0.3) is 0 Å². The van der Waals surface area contributed by atoms with E-state index in [4.69, 9.17) is 0 Å². The first-order valence-electron chi connectivity index (χ1n) is 7.22. The summed E-state index contributed by atoms with van der Waals surface area (Å²) in [4.78, 5) is 27.4. The fraction of sp³-hybridized carbons (Fsp3) is 0.0588. The van der Waals surface area contributed by atoms with Crippen molar-refractivity contribution in [3.05, 3.63) is 70.8 Å². The smallest absolute Gasteiger partial charge is 0.248 e. The fourth-order valence-corrected chi connectivity index (χ4v) is 2.56. The highest BCUT2D eigenvalue weighted by Crippen LogP contribution is 2.16. The Morgan fingerprint density at radius 2 is 1.91 bits per heavy atom. The van der Waals surface area contributed by atoms with Crippen LogP contribution in [-0.2, 0) is 6.54 Å². The lowest BCUT2D eigenvalue weighted by Gasteiger charge is -2.09. The molecule has 0 bridgehead atoms. The van der Waals surface area contributed by atoms with Crippen LogP contribution in [0.1, 0.15) is 5.56 Å². The van der Waals surface area contributed by atoms with Crippen molar-refractivity contribution < 1.29 is 0 Å². The largest absolute Gasteiger partial charge is 0.366 e. The molecule has 0 aliphatic carbocycles. The van der Waals surface area contributed by atoms with Crippen molar-refractivity contribution in [2.75, 3.05) is 5.32 Å². The molecule has 0 unspecified atom stereocenters. The van der Waals surface area contributed by atoms with Crippen LogP contribution in [0.15, 0.2) is 59.7 Å². The average molecular weight is 303 g/mol. The Balaban J connectivity index is 1.66. The number of nitrogens with one attached hydrogen (secondary N) is 2. The molecule has 112 valence electrons. The molecule has 0 saturated carbocycles. The lowest BCUT2D eigenvalue weighted by Crippen LogP contribution is -2.10. The first-order chi connectivity index (χ1) is 11.3. The van der Waals surface area contributed by atoms with E-state index in [2.05, 4.69) is 25.3 Å². The maximum Gasteiger partial charge on any atom is 0.248 e. The molecule has 4 aromatic rings. The molecule has 0 atom stereocenters. The second-order valence-corrected chi connectivity index (χ2v) is 5.15. The first-order valence-corrected chi connectivity index (χ1v) is 7.22. The van der Waals surface area contributed by atoms with Gasteiger partial charge < -0.3 is 10.3 Å². The van der Waals surface area contributed by atoms with Gasteiger partial charge in [0.2, 0.25) is 5.56 Å². The number of hydrogen-bond donors (Lipinski definition) is 2. The first kappa shape index (κ1) is 13.4. The minimum Gasteiger partial charge on any atom is -0.366 e. The molecular formula is C17H13N5O. The van der Waals surface area contributed by atoms with Gasteiger partial charge in [0, 0.05) is 35.9 Å². The number of aromatic nitrogens is 4. The lowest BCUT2D eigenvalue weighted by molar-refractivity contribution is 1.11. The predicted molar refractivity (Wildman–Crippen MR) is 89.2 cm³/mol. The number of nitrogens with zero attached hydrogens (tertiary/aromatic N) is 3. The van der Waals surface area contributed by atoms with Gasteiger partial charge >= 0.3 is 0 Å². The van der Waals surface area contributed by atoms with E-state index in [9.17, 15) is 4.79 Å². The zero-order valence-electron chi connectivity index (χ0n) is 12.2. The predicted octanol–water partition coefficient (Wildman–Crippen LogP) is 2.48. The average Bonchev–Trinajstić information content (AvgIpc) is 2.59. The number of rotatable bonds is 3. The zero-order chi connectivity index (χ0) is 15.6. The van der Waals surface area contributed by atoms with Crippen LogP contribution >= 0.6 is 0 Å². The molecule has 6 heteroatoms. The Labute approximate surface area is 131 Å². The molecule has 0 fully saturated rings. The van der Waals surface area contributed by atoms with Crippen LogP contribution < -0.4 is 10.9 Å². The summed E-state index contributed by atoms with van der Waals surface area (Å²) in [6, 6.07) is 13.1. The topological polar surface area (TPSA) is 83.6 Å². The van der Waals surface area contributed by atoms with Gasteiger partial charge in [-0.25, -0.2) is 9.97 Å². The van der Waals surface area contributed by atoms with Gasteiger partial charge in [-0.05, 0) is 23.8 Å². The fourth-order valence-electron chi connectivity index (χ4n) is 2.56. The normalized spacial score (nSPS) is 11.0. The number of hydrogen-bond acceptors (Lipinski definition) is 5. The third-order valence-corrected chi connectivity index (χ3v) is 3.63. The van der Waals surface area contributed by atoms with Crippen molar-refractivity contribution in [2.45, 2.75) is 6.54 Å². The van der Waals surface area contributed by atoms with Gasteiger partial charge in [-0.3, -0.25) is 9.78 Å². The molecule has 0 radical (unpaired) electrons. The van der Waals surface area contributed by atoms with Gasteiger partial charge in [0.05, 0.1) is 0 Å². The summed E-state index contributed by atoms with van der Waals surface area (Å²) in [5, 5.41) is 4.25. The summed E-state index contributed by atoms with van der Waals surface area (Å²) in [5.41, 5.74) is 2.98. The van der Waals surface area contributed by atoms with E-state index in [1.54, 1.807) is 18.5 Å². The molecule has 0 aliphatic rings. The van der Waals surface area contributed by atoms with Crippen molar-refractivity contribution in [2.24, 2.45) is 0 Å². The Bertz CT molecular complexity index is 1060. The Morgan fingerprint density at radius 1 is 1.04 bits per heavy atom. The molecule has 3 aromatic heterocycles. The number of benzene rings is 1. The van der Waals surface area contributed by atoms with Gasteiger partial charge in [0.1, 0.15) is 11.3 Å². The maximum atomic E-state index is 11.8. The second-order valence-electron chi connectivity index (χ2n) is 5.15. The van der Waals surface area contributed by atoms with E-state index in [0.29, 0.717) is 18.0 Å². The zero-order valence-corrected chi connectivity index (χ0v) is 12.2. The molecule has 2 N–H and O–H groups in total. The Kier molecular flexibility index (Phi) is 3.20. The molecule has 4 rings (SSSR count). The summed E-state index contributed by atoms with van der Waals surface area (Å²) in [6.07, 6.45) is 3.25. The van der Waals surface area contributed by atoms with Crippen LogP contribution in [0.3, 0.4) is 0 Å². The van der Waals surface area contributed by atoms with Gasteiger partial charge in [-0.2, -0.15) is 0 Å². The lowest BCUT2D eigenvalue weighted by atomic mass is 10.1. The SMILES string of the molecule is O=c1cc(CNc2ccc3nccnc3n2)c2ccccc2[nH]1. The van der Waals surface area contributed by atoms with E-state index in [1.165, 1.54) is 0 Å².